The molecule has 4 rings (SSSR count). The first-order valence-electron chi connectivity index (χ1n) is 8.87. The molecule has 1 aromatic carbocycles. The van der Waals surface area contributed by atoms with Crippen LogP contribution in [0.15, 0.2) is 67.0 Å². The van der Waals surface area contributed by atoms with E-state index in [1.54, 1.807) is 30.6 Å². The zero-order chi connectivity index (χ0) is 18.6. The average molecular weight is 379 g/mol. The van der Waals surface area contributed by atoms with E-state index in [1.807, 2.05) is 36.4 Å². The van der Waals surface area contributed by atoms with Crippen LogP contribution in [-0.4, -0.2) is 35.4 Å². The lowest BCUT2D eigenvalue weighted by Crippen LogP contribution is -2.46. The Labute approximate surface area is 163 Å². The molecule has 136 valence electrons. The first-order valence-corrected chi connectivity index (χ1v) is 9.25. The molecule has 2 aromatic heterocycles. The van der Waals surface area contributed by atoms with Crippen molar-refractivity contribution >= 4 is 23.2 Å². The van der Waals surface area contributed by atoms with Crippen LogP contribution >= 0.6 is 11.6 Å². The smallest absolute Gasteiger partial charge is 0.212 e. The molecule has 27 heavy (non-hydrogen) atoms. The largest absolute Gasteiger partial charge is 0.353 e. The van der Waals surface area contributed by atoms with Crippen LogP contribution in [0.3, 0.4) is 0 Å². The van der Waals surface area contributed by atoms with E-state index in [1.165, 1.54) is 0 Å². The number of nitrogens with one attached hydrogen (secondary N) is 1. The topological polar surface area (TPSA) is 58.1 Å². The highest BCUT2D eigenvalue weighted by Crippen LogP contribution is 2.26. The number of hydrogen-bond donors (Lipinski definition) is 1. The van der Waals surface area contributed by atoms with Crippen molar-refractivity contribution in [2.75, 3.05) is 24.5 Å². The highest BCUT2D eigenvalue weighted by Gasteiger charge is 2.24. The number of pyridine rings is 2. The van der Waals surface area contributed by atoms with Crippen molar-refractivity contribution < 1.29 is 4.79 Å². The van der Waals surface area contributed by atoms with Crippen LogP contribution in [0.4, 0.5) is 5.82 Å². The normalized spacial score (nSPS) is 16.9. The Morgan fingerprint density at radius 2 is 2.00 bits per heavy atom. The predicted octanol–water partition coefficient (Wildman–Crippen LogP) is 3.51. The van der Waals surface area contributed by atoms with Crippen LogP contribution in [0, 0.1) is 0 Å². The number of nitrogens with zero attached hydrogens (tertiary/aromatic N) is 3. The van der Waals surface area contributed by atoms with Crippen LogP contribution in [0.1, 0.15) is 27.7 Å². The number of carbonyl (C=O) groups is 1. The number of benzene rings is 1. The van der Waals surface area contributed by atoms with E-state index in [0.29, 0.717) is 11.3 Å². The van der Waals surface area contributed by atoms with Crippen LogP contribution < -0.4 is 10.2 Å². The van der Waals surface area contributed by atoms with E-state index in [-0.39, 0.29) is 11.8 Å². The Hall–Kier alpha value is -2.76. The number of aromatic nitrogens is 2. The molecule has 0 spiro atoms. The predicted molar refractivity (Wildman–Crippen MR) is 106 cm³/mol. The molecule has 0 radical (unpaired) electrons. The molecule has 6 heteroatoms. The maximum atomic E-state index is 12.7. The summed E-state index contributed by atoms with van der Waals surface area (Å²) in [6.45, 7) is 2.37. The zero-order valence-corrected chi connectivity index (χ0v) is 15.4. The Bertz CT molecular complexity index is 948. The van der Waals surface area contributed by atoms with E-state index in [9.17, 15) is 4.79 Å². The van der Waals surface area contributed by atoms with Crippen molar-refractivity contribution in [3.63, 3.8) is 0 Å². The van der Waals surface area contributed by atoms with Gasteiger partial charge in [-0.25, -0.2) is 4.98 Å². The minimum atomic E-state index is -0.122. The van der Waals surface area contributed by atoms with Gasteiger partial charge in [0.25, 0.3) is 0 Å². The number of rotatable bonds is 4. The van der Waals surface area contributed by atoms with Gasteiger partial charge >= 0.3 is 0 Å². The van der Waals surface area contributed by atoms with Crippen molar-refractivity contribution in [3.05, 3.63) is 88.8 Å². The van der Waals surface area contributed by atoms with Crippen molar-refractivity contribution in [3.8, 4) is 0 Å². The summed E-state index contributed by atoms with van der Waals surface area (Å²) in [5, 5.41) is 4.27. The number of hydrogen-bond acceptors (Lipinski definition) is 5. The molecule has 1 N–H and O–H groups in total. The molecule has 1 atom stereocenters. The summed E-state index contributed by atoms with van der Waals surface area (Å²) >= 11 is 6.36. The number of anilines is 1. The van der Waals surface area contributed by atoms with Gasteiger partial charge in [-0.3, -0.25) is 9.78 Å². The third-order valence-corrected chi connectivity index (χ3v) is 5.02. The molecule has 1 aliphatic rings. The molecule has 0 amide bonds. The Balaban J connectivity index is 1.57. The second-order valence-corrected chi connectivity index (χ2v) is 6.83. The minimum Gasteiger partial charge on any atom is -0.353 e. The molecule has 1 fully saturated rings. The van der Waals surface area contributed by atoms with Crippen LogP contribution in [0.5, 0.6) is 0 Å². The van der Waals surface area contributed by atoms with Gasteiger partial charge in [0.1, 0.15) is 11.5 Å². The fourth-order valence-corrected chi connectivity index (χ4v) is 3.56. The summed E-state index contributed by atoms with van der Waals surface area (Å²) in [6, 6.07) is 17.0. The maximum absolute atomic E-state index is 12.7. The van der Waals surface area contributed by atoms with Crippen molar-refractivity contribution in [2.24, 2.45) is 0 Å². The Morgan fingerprint density at radius 3 is 2.81 bits per heavy atom. The Morgan fingerprint density at radius 1 is 1.11 bits per heavy atom. The Kier molecular flexibility index (Phi) is 5.14. The summed E-state index contributed by atoms with van der Waals surface area (Å²) in [7, 11) is 0. The second-order valence-electron chi connectivity index (χ2n) is 6.43. The van der Waals surface area contributed by atoms with Gasteiger partial charge in [-0.1, -0.05) is 35.9 Å². The molecule has 0 bridgehead atoms. The molecule has 1 saturated heterocycles. The first-order chi connectivity index (χ1) is 13.2. The fourth-order valence-electron chi connectivity index (χ4n) is 3.29. The van der Waals surface area contributed by atoms with E-state index in [0.717, 1.165) is 36.0 Å². The van der Waals surface area contributed by atoms with Gasteiger partial charge in [0.05, 0.1) is 6.04 Å². The summed E-state index contributed by atoms with van der Waals surface area (Å²) in [6.07, 6.45) is 3.21. The third kappa shape index (κ3) is 3.84. The van der Waals surface area contributed by atoms with Gasteiger partial charge in [0.15, 0.2) is 0 Å². The van der Waals surface area contributed by atoms with E-state index in [2.05, 4.69) is 20.2 Å². The zero-order valence-electron chi connectivity index (χ0n) is 14.7. The third-order valence-electron chi connectivity index (χ3n) is 4.67. The van der Waals surface area contributed by atoms with Gasteiger partial charge in [-0.05, 0) is 35.9 Å². The molecule has 5 nitrogen and oxygen atoms in total. The molecular formula is C21H19ClN4O. The maximum Gasteiger partial charge on any atom is 0.212 e. The van der Waals surface area contributed by atoms with E-state index < -0.39 is 0 Å². The number of halogens is 1. The van der Waals surface area contributed by atoms with Crippen molar-refractivity contribution in [1.29, 1.82) is 0 Å². The molecule has 1 unspecified atom stereocenters. The lowest BCUT2D eigenvalue weighted by molar-refractivity contribution is 0.103. The van der Waals surface area contributed by atoms with Gasteiger partial charge in [0, 0.05) is 42.6 Å². The molecule has 0 aliphatic carbocycles. The SMILES string of the molecule is O=C(c1cccnc1)c1cccc(N2CCNC(c3ccccc3Cl)C2)n1. The fraction of sp³-hybridized carbons (Fsp3) is 0.190. The quantitative estimate of drug-likeness (QED) is 0.704. The van der Waals surface area contributed by atoms with Gasteiger partial charge in [0.2, 0.25) is 5.78 Å². The van der Waals surface area contributed by atoms with Gasteiger partial charge in [-0.15, -0.1) is 0 Å². The number of carbonyl (C=O) groups excluding carboxylic acids is 1. The summed E-state index contributed by atoms with van der Waals surface area (Å²) in [5.41, 5.74) is 2.04. The summed E-state index contributed by atoms with van der Waals surface area (Å²) in [5.74, 6) is 0.672. The molecule has 0 saturated carbocycles. The number of ketones is 1. The van der Waals surface area contributed by atoms with Crippen molar-refractivity contribution in [1.82, 2.24) is 15.3 Å². The summed E-state index contributed by atoms with van der Waals surface area (Å²) in [4.78, 5) is 23.5. The minimum absolute atomic E-state index is 0.118. The molecule has 3 heterocycles. The van der Waals surface area contributed by atoms with Crippen molar-refractivity contribution in [2.45, 2.75) is 6.04 Å². The lowest BCUT2D eigenvalue weighted by Gasteiger charge is -2.35. The first kappa shape index (κ1) is 17.6. The second kappa shape index (κ2) is 7.86. The van der Waals surface area contributed by atoms with Crippen LogP contribution in [-0.2, 0) is 0 Å². The van der Waals surface area contributed by atoms with Gasteiger partial charge in [-0.2, -0.15) is 0 Å². The standard InChI is InChI=1S/C21H19ClN4O/c22-17-7-2-1-6-16(17)19-14-26(12-11-24-19)20-9-3-8-18(25-20)21(27)15-5-4-10-23-13-15/h1-10,13,19,24H,11-12,14H2. The van der Waals surface area contributed by atoms with E-state index in [4.69, 9.17) is 11.6 Å². The van der Waals surface area contributed by atoms with Crippen LogP contribution in [0.2, 0.25) is 5.02 Å². The van der Waals surface area contributed by atoms with E-state index >= 15 is 0 Å². The highest BCUT2D eigenvalue weighted by atomic mass is 35.5. The lowest BCUT2D eigenvalue weighted by atomic mass is 10.0. The molecular weight excluding hydrogens is 360 g/mol. The average Bonchev–Trinajstić information content (AvgIpc) is 2.74. The summed E-state index contributed by atoms with van der Waals surface area (Å²) < 4.78 is 0. The highest BCUT2D eigenvalue weighted by molar-refractivity contribution is 6.31. The number of piperazine rings is 1. The molecule has 1 aliphatic heterocycles. The van der Waals surface area contributed by atoms with Gasteiger partial charge < -0.3 is 10.2 Å². The molecule has 3 aromatic rings. The monoisotopic (exact) mass is 378 g/mol. The van der Waals surface area contributed by atoms with Crippen LogP contribution in [0.25, 0.3) is 0 Å².